The van der Waals surface area contributed by atoms with Crippen molar-refractivity contribution in [3.05, 3.63) is 77.1 Å². The molecule has 3 aromatic rings. The van der Waals surface area contributed by atoms with Gasteiger partial charge in [0.05, 0.1) is 5.69 Å². The summed E-state index contributed by atoms with van der Waals surface area (Å²) in [6.07, 6.45) is 8.16. The average molecular weight is 470 g/mol. The van der Waals surface area contributed by atoms with Crippen molar-refractivity contribution in [2.45, 2.75) is 60.4 Å². The Balaban J connectivity index is 1.77. The quantitative estimate of drug-likeness (QED) is 0.321. The Morgan fingerprint density at radius 2 is 1.86 bits per heavy atom. The molecule has 1 aliphatic rings. The molecular formula is C30H35N3O2. The summed E-state index contributed by atoms with van der Waals surface area (Å²) in [5.74, 6) is 1.04. The van der Waals surface area contributed by atoms with E-state index in [1.54, 1.807) is 6.92 Å². The largest absolute Gasteiger partial charge is 0.349 e. The summed E-state index contributed by atoms with van der Waals surface area (Å²) >= 11 is 0. The summed E-state index contributed by atoms with van der Waals surface area (Å²) in [5, 5.41) is 3.13. The molecule has 182 valence electrons. The SMILES string of the molecule is CC(=O)/C(C)=C(\C=C/C(C)C)c1ccccc1-c1nc2cc(C(=O)NC3CC(C)C3)ccn2c1C. The number of aromatic nitrogens is 2. The smallest absolute Gasteiger partial charge is 0.251 e. The molecule has 0 radical (unpaired) electrons. The third kappa shape index (κ3) is 5.14. The Morgan fingerprint density at radius 1 is 1.14 bits per heavy atom. The number of benzene rings is 1. The fourth-order valence-electron chi connectivity index (χ4n) is 4.67. The van der Waals surface area contributed by atoms with E-state index >= 15 is 0 Å². The topological polar surface area (TPSA) is 63.5 Å². The molecule has 5 nitrogen and oxygen atoms in total. The van der Waals surface area contributed by atoms with Crippen LogP contribution in [0.4, 0.5) is 0 Å². The molecule has 2 heterocycles. The summed E-state index contributed by atoms with van der Waals surface area (Å²) in [5.41, 5.74) is 6.75. The normalized spacial score (nSPS) is 18.6. The van der Waals surface area contributed by atoms with Gasteiger partial charge in [0.1, 0.15) is 5.65 Å². The first-order chi connectivity index (χ1) is 16.7. The van der Waals surface area contributed by atoms with Crippen LogP contribution in [0.3, 0.4) is 0 Å². The Bertz CT molecular complexity index is 1340. The summed E-state index contributed by atoms with van der Waals surface area (Å²) in [7, 11) is 0. The second-order valence-electron chi connectivity index (χ2n) is 10.2. The van der Waals surface area contributed by atoms with E-state index in [4.69, 9.17) is 4.98 Å². The first-order valence-corrected chi connectivity index (χ1v) is 12.4. The van der Waals surface area contributed by atoms with Gasteiger partial charge >= 0.3 is 0 Å². The summed E-state index contributed by atoms with van der Waals surface area (Å²) < 4.78 is 2.01. The average Bonchev–Trinajstić information content (AvgIpc) is 3.13. The zero-order chi connectivity index (χ0) is 25.3. The second-order valence-corrected chi connectivity index (χ2v) is 10.2. The van der Waals surface area contributed by atoms with Crippen molar-refractivity contribution in [1.82, 2.24) is 14.7 Å². The molecular weight excluding hydrogens is 434 g/mol. The summed E-state index contributed by atoms with van der Waals surface area (Å²) in [4.78, 5) is 30.1. The lowest BCUT2D eigenvalue weighted by Crippen LogP contribution is -2.43. The van der Waals surface area contributed by atoms with Crippen molar-refractivity contribution >= 4 is 22.9 Å². The van der Waals surface area contributed by atoms with Crippen molar-refractivity contribution in [1.29, 1.82) is 0 Å². The molecule has 1 aliphatic carbocycles. The molecule has 0 aliphatic heterocycles. The number of hydrogen-bond donors (Lipinski definition) is 1. The Labute approximate surface area is 208 Å². The van der Waals surface area contributed by atoms with E-state index in [1.165, 1.54) is 0 Å². The van der Waals surface area contributed by atoms with Crippen molar-refractivity contribution < 1.29 is 9.59 Å². The van der Waals surface area contributed by atoms with Crippen LogP contribution in [-0.2, 0) is 4.79 Å². The maximum atomic E-state index is 12.8. The van der Waals surface area contributed by atoms with E-state index in [9.17, 15) is 9.59 Å². The van der Waals surface area contributed by atoms with E-state index in [0.29, 0.717) is 17.4 Å². The number of carbonyl (C=O) groups is 2. The van der Waals surface area contributed by atoms with Crippen LogP contribution in [0.5, 0.6) is 0 Å². The second kappa shape index (κ2) is 10.0. The maximum Gasteiger partial charge on any atom is 0.251 e. The molecule has 1 fully saturated rings. The highest BCUT2D eigenvalue weighted by atomic mass is 16.1. The van der Waals surface area contributed by atoms with Gasteiger partial charge in [0.15, 0.2) is 5.78 Å². The molecule has 1 aromatic carbocycles. The number of nitrogens with one attached hydrogen (secondary N) is 1. The number of Topliss-reactive ketones (excluding diaryl/α,β-unsaturated/α-hetero) is 1. The Kier molecular flexibility index (Phi) is 7.06. The number of nitrogens with zero attached hydrogens (tertiary/aromatic N) is 2. The van der Waals surface area contributed by atoms with Crippen molar-refractivity contribution in [3.63, 3.8) is 0 Å². The van der Waals surface area contributed by atoms with Crippen LogP contribution in [0.1, 0.15) is 69.1 Å². The van der Waals surface area contributed by atoms with E-state index in [1.807, 2.05) is 60.8 Å². The standard InChI is InChI=1S/C30H35N3O2/c1-18(2)11-12-25(20(4)22(6)34)26-9-7-8-10-27(26)29-21(5)33-14-13-23(17-28(33)32-29)30(35)31-24-15-19(3)16-24/h7-14,17-19,24H,15-16H2,1-6H3,(H,31,35)/b12-11-,25-20+. The van der Waals surface area contributed by atoms with Gasteiger partial charge in [-0.15, -0.1) is 0 Å². The van der Waals surface area contributed by atoms with Crippen LogP contribution in [0.25, 0.3) is 22.5 Å². The number of pyridine rings is 1. The van der Waals surface area contributed by atoms with Gasteiger partial charge < -0.3 is 9.72 Å². The molecule has 0 bridgehead atoms. The molecule has 1 saturated carbocycles. The fourth-order valence-corrected chi connectivity index (χ4v) is 4.67. The van der Waals surface area contributed by atoms with Crippen molar-refractivity contribution in [3.8, 4) is 11.3 Å². The van der Waals surface area contributed by atoms with Crippen molar-refractivity contribution in [2.24, 2.45) is 11.8 Å². The monoisotopic (exact) mass is 469 g/mol. The molecule has 35 heavy (non-hydrogen) atoms. The van der Waals surface area contributed by atoms with Crippen LogP contribution in [0, 0.1) is 18.8 Å². The van der Waals surface area contributed by atoms with Crippen LogP contribution >= 0.6 is 0 Å². The van der Waals surface area contributed by atoms with Crippen LogP contribution in [0.15, 0.2) is 60.3 Å². The first-order valence-electron chi connectivity index (χ1n) is 12.4. The van der Waals surface area contributed by atoms with Crippen molar-refractivity contribution in [2.75, 3.05) is 0 Å². The lowest BCUT2D eigenvalue weighted by atomic mass is 9.82. The number of rotatable bonds is 7. The van der Waals surface area contributed by atoms with E-state index in [2.05, 4.69) is 38.2 Å². The number of aryl methyl sites for hydroxylation is 1. The van der Waals surface area contributed by atoms with Crippen LogP contribution in [-0.4, -0.2) is 27.1 Å². The Morgan fingerprint density at radius 3 is 2.51 bits per heavy atom. The molecule has 1 amide bonds. The van der Waals surface area contributed by atoms with Gasteiger partial charge in [-0.3, -0.25) is 9.59 Å². The molecule has 2 aromatic heterocycles. The summed E-state index contributed by atoms with van der Waals surface area (Å²) in [6.45, 7) is 12.0. The van der Waals surface area contributed by atoms with Gasteiger partial charge in [0, 0.05) is 29.1 Å². The molecule has 5 heteroatoms. The van der Waals surface area contributed by atoms with Gasteiger partial charge in [-0.05, 0) is 74.3 Å². The number of amides is 1. The Hall–Kier alpha value is -3.47. The molecule has 0 unspecified atom stereocenters. The zero-order valence-corrected chi connectivity index (χ0v) is 21.6. The third-order valence-corrected chi connectivity index (χ3v) is 6.89. The molecule has 4 rings (SSSR count). The number of allylic oxidation sites excluding steroid dienone is 4. The lowest BCUT2D eigenvalue weighted by Gasteiger charge is -2.33. The van der Waals surface area contributed by atoms with Gasteiger partial charge in [0.25, 0.3) is 5.91 Å². The van der Waals surface area contributed by atoms with Crippen LogP contribution < -0.4 is 5.32 Å². The van der Waals surface area contributed by atoms with Gasteiger partial charge in [-0.25, -0.2) is 4.98 Å². The lowest BCUT2D eigenvalue weighted by molar-refractivity contribution is -0.113. The predicted molar refractivity (Wildman–Crippen MR) is 142 cm³/mol. The van der Waals surface area contributed by atoms with Gasteiger partial charge in [0.2, 0.25) is 0 Å². The van der Waals surface area contributed by atoms with Gasteiger partial charge in [-0.1, -0.05) is 57.2 Å². The van der Waals surface area contributed by atoms with E-state index < -0.39 is 0 Å². The number of hydrogen-bond acceptors (Lipinski definition) is 3. The zero-order valence-electron chi connectivity index (χ0n) is 21.6. The van der Waals surface area contributed by atoms with Gasteiger partial charge in [-0.2, -0.15) is 0 Å². The minimum atomic E-state index is -0.0480. The maximum absolute atomic E-state index is 12.8. The first kappa shape index (κ1) is 24.6. The number of fused-ring (bicyclic) bond motifs is 1. The minimum absolute atomic E-state index is 0.0476. The fraction of sp³-hybridized carbons (Fsp3) is 0.367. The molecule has 0 atom stereocenters. The molecule has 1 N–H and O–H groups in total. The van der Waals surface area contributed by atoms with E-state index in [0.717, 1.165) is 52.1 Å². The highest BCUT2D eigenvalue weighted by Gasteiger charge is 2.27. The minimum Gasteiger partial charge on any atom is -0.349 e. The summed E-state index contributed by atoms with van der Waals surface area (Å²) in [6, 6.07) is 12.1. The number of ketones is 1. The number of imidazole rings is 1. The third-order valence-electron chi connectivity index (χ3n) is 6.89. The van der Waals surface area contributed by atoms with Crippen LogP contribution in [0.2, 0.25) is 0 Å². The molecule has 0 saturated heterocycles. The highest BCUT2D eigenvalue weighted by molar-refractivity contribution is 6.04. The highest BCUT2D eigenvalue weighted by Crippen LogP contribution is 2.34. The molecule has 0 spiro atoms. The number of carbonyl (C=O) groups excluding carboxylic acids is 2. The predicted octanol–water partition coefficient (Wildman–Crippen LogP) is 6.41. The van der Waals surface area contributed by atoms with E-state index in [-0.39, 0.29) is 17.7 Å².